The van der Waals surface area contributed by atoms with Gasteiger partial charge in [-0.2, -0.15) is 0 Å². The Labute approximate surface area is 129 Å². The topological polar surface area (TPSA) is 26.0 Å². The Morgan fingerprint density at radius 2 is 2.05 bits per heavy atom. The molecule has 0 fully saturated rings. The molecule has 0 amide bonds. The van der Waals surface area contributed by atoms with Crippen molar-refractivity contribution < 1.29 is 4.39 Å². The molecule has 0 spiro atoms. The third-order valence-electron chi connectivity index (χ3n) is 4.57. The smallest absolute Gasteiger partial charge is 0.126 e. The lowest BCUT2D eigenvalue weighted by molar-refractivity contribution is 0.344. The van der Waals surface area contributed by atoms with Crippen LogP contribution in [0.2, 0.25) is 5.02 Å². The molecule has 0 saturated carbocycles. The van der Waals surface area contributed by atoms with Crippen LogP contribution in [-0.2, 0) is 12.0 Å². The van der Waals surface area contributed by atoms with Gasteiger partial charge < -0.3 is 5.73 Å². The number of hydrogen-bond acceptors (Lipinski definition) is 1. The average Bonchev–Trinajstić information content (AvgIpc) is 2.48. The van der Waals surface area contributed by atoms with E-state index in [0.717, 1.165) is 18.4 Å². The molecule has 1 aliphatic rings. The first-order valence-electron chi connectivity index (χ1n) is 7.32. The van der Waals surface area contributed by atoms with Gasteiger partial charge in [-0.3, -0.25) is 0 Å². The fourth-order valence-electron chi connectivity index (χ4n) is 3.35. The van der Waals surface area contributed by atoms with Crippen molar-refractivity contribution in [2.45, 2.75) is 37.6 Å². The van der Waals surface area contributed by atoms with Gasteiger partial charge in [0.15, 0.2) is 0 Å². The van der Waals surface area contributed by atoms with Crippen molar-refractivity contribution >= 4 is 11.6 Å². The summed E-state index contributed by atoms with van der Waals surface area (Å²) in [6.07, 6.45) is 2.36. The van der Waals surface area contributed by atoms with Gasteiger partial charge in [0.1, 0.15) is 5.82 Å². The van der Waals surface area contributed by atoms with Crippen LogP contribution in [0.15, 0.2) is 42.5 Å². The van der Waals surface area contributed by atoms with Crippen LogP contribution in [0, 0.1) is 5.82 Å². The Hall–Kier alpha value is -1.38. The minimum absolute atomic E-state index is 0.236. The van der Waals surface area contributed by atoms with E-state index in [-0.39, 0.29) is 5.82 Å². The van der Waals surface area contributed by atoms with Crippen LogP contribution in [0.1, 0.15) is 42.4 Å². The predicted molar refractivity (Wildman–Crippen MR) is 85.1 cm³/mol. The molecule has 110 valence electrons. The molecule has 0 heterocycles. The average molecular weight is 304 g/mol. The first-order valence-corrected chi connectivity index (χ1v) is 7.69. The standard InChI is InChI=1S/C18H19ClFN/c1-12-8-9-18(21,16-5-3-2-4-15(12)16)11-13-10-14(19)6-7-17(13)20/h2-7,10,12H,8-9,11,21H2,1H3. The minimum Gasteiger partial charge on any atom is -0.321 e. The molecule has 2 aromatic carbocycles. The van der Waals surface area contributed by atoms with E-state index in [0.29, 0.717) is 22.9 Å². The van der Waals surface area contributed by atoms with E-state index >= 15 is 0 Å². The molecule has 2 N–H and O–H groups in total. The van der Waals surface area contributed by atoms with Crippen molar-refractivity contribution in [3.63, 3.8) is 0 Å². The molecule has 2 unspecified atom stereocenters. The molecule has 2 aromatic rings. The minimum atomic E-state index is -0.519. The van der Waals surface area contributed by atoms with E-state index in [1.54, 1.807) is 12.1 Å². The molecule has 0 aliphatic heterocycles. The molecule has 3 heteroatoms. The Morgan fingerprint density at radius 1 is 1.29 bits per heavy atom. The van der Waals surface area contributed by atoms with Gasteiger partial charge in [0.05, 0.1) is 0 Å². The summed E-state index contributed by atoms with van der Waals surface area (Å²) in [4.78, 5) is 0. The lowest BCUT2D eigenvalue weighted by atomic mass is 9.70. The monoisotopic (exact) mass is 303 g/mol. The zero-order chi connectivity index (χ0) is 15.0. The molecule has 0 aromatic heterocycles. The third-order valence-corrected chi connectivity index (χ3v) is 4.80. The van der Waals surface area contributed by atoms with Crippen LogP contribution in [-0.4, -0.2) is 0 Å². The maximum absolute atomic E-state index is 14.0. The van der Waals surface area contributed by atoms with Crippen molar-refractivity contribution in [3.05, 3.63) is 70.0 Å². The van der Waals surface area contributed by atoms with Gasteiger partial charge in [-0.05, 0) is 60.1 Å². The van der Waals surface area contributed by atoms with E-state index in [9.17, 15) is 4.39 Å². The summed E-state index contributed by atoms with van der Waals surface area (Å²) < 4.78 is 14.0. The first-order chi connectivity index (χ1) is 9.99. The highest BCUT2D eigenvalue weighted by molar-refractivity contribution is 6.30. The fraction of sp³-hybridized carbons (Fsp3) is 0.333. The lowest BCUT2D eigenvalue weighted by Gasteiger charge is -2.38. The molecule has 3 rings (SSSR count). The number of halogens is 2. The van der Waals surface area contributed by atoms with Crippen LogP contribution in [0.5, 0.6) is 0 Å². The number of rotatable bonds is 2. The maximum Gasteiger partial charge on any atom is 0.126 e. The van der Waals surface area contributed by atoms with Crippen LogP contribution in [0.25, 0.3) is 0 Å². The van der Waals surface area contributed by atoms with Gasteiger partial charge in [0, 0.05) is 10.6 Å². The Bertz CT molecular complexity index is 670. The zero-order valence-electron chi connectivity index (χ0n) is 12.1. The summed E-state index contributed by atoms with van der Waals surface area (Å²) in [5, 5.41) is 0.549. The van der Waals surface area contributed by atoms with Crippen LogP contribution >= 0.6 is 11.6 Å². The van der Waals surface area contributed by atoms with Gasteiger partial charge >= 0.3 is 0 Å². The van der Waals surface area contributed by atoms with Crippen LogP contribution < -0.4 is 5.73 Å². The zero-order valence-corrected chi connectivity index (χ0v) is 12.8. The molecule has 21 heavy (non-hydrogen) atoms. The summed E-state index contributed by atoms with van der Waals surface area (Å²) in [5.41, 5.74) is 9.17. The fourth-order valence-corrected chi connectivity index (χ4v) is 3.54. The van der Waals surface area contributed by atoms with E-state index in [1.165, 1.54) is 11.6 Å². The second-order valence-electron chi connectivity index (χ2n) is 6.10. The van der Waals surface area contributed by atoms with Gasteiger partial charge in [0.25, 0.3) is 0 Å². The predicted octanol–water partition coefficient (Wildman–Crippen LogP) is 4.77. The maximum atomic E-state index is 14.0. The first kappa shape index (κ1) is 14.6. The highest BCUT2D eigenvalue weighted by Gasteiger charge is 2.35. The number of benzene rings is 2. The van der Waals surface area contributed by atoms with E-state index in [4.69, 9.17) is 17.3 Å². The molecule has 1 nitrogen and oxygen atoms in total. The van der Waals surface area contributed by atoms with Crippen molar-refractivity contribution in [1.29, 1.82) is 0 Å². The van der Waals surface area contributed by atoms with Gasteiger partial charge in [-0.15, -0.1) is 0 Å². The van der Waals surface area contributed by atoms with Gasteiger partial charge in [-0.1, -0.05) is 42.8 Å². The van der Waals surface area contributed by atoms with Crippen molar-refractivity contribution in [2.24, 2.45) is 5.73 Å². The van der Waals surface area contributed by atoms with E-state index in [1.807, 2.05) is 12.1 Å². The number of fused-ring (bicyclic) bond motifs is 1. The summed E-state index contributed by atoms with van der Waals surface area (Å²) in [5.74, 6) is 0.266. The Balaban J connectivity index is 2.02. The number of hydrogen-bond donors (Lipinski definition) is 1. The quantitative estimate of drug-likeness (QED) is 0.849. The van der Waals surface area contributed by atoms with Crippen molar-refractivity contribution in [2.75, 3.05) is 0 Å². The van der Waals surface area contributed by atoms with Gasteiger partial charge in [-0.25, -0.2) is 4.39 Å². The third kappa shape index (κ3) is 2.70. The van der Waals surface area contributed by atoms with Crippen LogP contribution in [0.3, 0.4) is 0 Å². The second-order valence-corrected chi connectivity index (χ2v) is 6.53. The second kappa shape index (κ2) is 5.43. The van der Waals surface area contributed by atoms with Crippen LogP contribution in [0.4, 0.5) is 4.39 Å². The highest BCUT2D eigenvalue weighted by Crippen LogP contribution is 2.41. The lowest BCUT2D eigenvalue weighted by Crippen LogP contribution is -2.42. The Morgan fingerprint density at radius 3 is 2.86 bits per heavy atom. The van der Waals surface area contributed by atoms with Crippen molar-refractivity contribution in [3.8, 4) is 0 Å². The molecule has 0 radical (unpaired) electrons. The Kier molecular flexibility index (Phi) is 3.76. The van der Waals surface area contributed by atoms with E-state index < -0.39 is 5.54 Å². The largest absolute Gasteiger partial charge is 0.321 e. The summed E-state index contributed by atoms with van der Waals surface area (Å²) >= 11 is 6.00. The van der Waals surface area contributed by atoms with Gasteiger partial charge in [0.2, 0.25) is 0 Å². The van der Waals surface area contributed by atoms with Crippen molar-refractivity contribution in [1.82, 2.24) is 0 Å². The molecular weight excluding hydrogens is 285 g/mol. The summed E-state index contributed by atoms with van der Waals surface area (Å²) in [7, 11) is 0. The highest BCUT2D eigenvalue weighted by atomic mass is 35.5. The molecule has 2 atom stereocenters. The SMILES string of the molecule is CC1CCC(N)(Cc2cc(Cl)ccc2F)c2ccccc21. The summed E-state index contributed by atoms with van der Waals surface area (Å²) in [6, 6.07) is 12.9. The van der Waals surface area contributed by atoms with E-state index in [2.05, 4.69) is 19.1 Å². The summed E-state index contributed by atoms with van der Waals surface area (Å²) in [6.45, 7) is 2.22. The number of nitrogens with two attached hydrogens (primary N) is 1. The molecule has 1 aliphatic carbocycles. The normalized spacial score (nSPS) is 24.7. The molecule has 0 saturated heterocycles. The molecule has 0 bridgehead atoms. The molecular formula is C18H19ClFN.